The van der Waals surface area contributed by atoms with Crippen LogP contribution in [0.1, 0.15) is 12.8 Å². The second-order valence-electron chi connectivity index (χ2n) is 4.46. The van der Waals surface area contributed by atoms with Crippen molar-refractivity contribution in [2.75, 3.05) is 27.3 Å². The Morgan fingerprint density at radius 2 is 1.62 bits per heavy atom. The van der Waals surface area contributed by atoms with E-state index in [0.29, 0.717) is 22.4 Å². The number of benzene rings is 1. The van der Waals surface area contributed by atoms with Crippen molar-refractivity contribution >= 4 is 34.1 Å². The van der Waals surface area contributed by atoms with Crippen molar-refractivity contribution in [2.45, 2.75) is 12.8 Å². The maximum absolute atomic E-state index is 5.95. The number of hydrogen-bond donors (Lipinski definition) is 1. The number of nitrogens with one attached hydrogen (secondary N) is 1. The van der Waals surface area contributed by atoms with E-state index in [4.69, 9.17) is 32.7 Å². The highest BCUT2D eigenvalue weighted by molar-refractivity contribution is 6.35. The van der Waals surface area contributed by atoms with Crippen molar-refractivity contribution in [1.29, 1.82) is 0 Å². The molecule has 1 fully saturated rings. The molecule has 1 N–H and O–H groups in total. The second-order valence-corrected chi connectivity index (χ2v) is 5.16. The normalized spacial score (nSPS) is 13.7. The number of rotatable bonds is 2. The molecule has 1 aromatic heterocycles. The average molecular weight is 330 g/mol. The van der Waals surface area contributed by atoms with Gasteiger partial charge in [-0.2, -0.15) is 0 Å². The van der Waals surface area contributed by atoms with Crippen molar-refractivity contribution in [3.05, 3.63) is 22.6 Å². The lowest BCUT2D eigenvalue weighted by molar-refractivity contribution is 0.356. The van der Waals surface area contributed by atoms with Gasteiger partial charge in [-0.1, -0.05) is 11.6 Å². The standard InChI is InChI=1S/C10H8Cl2N2O2.C4H9N/c1-15-7-3-5-6(4-8(7)16-2)13-10(12)14-9(5)11;1-2-4-5-3-1/h3-4H,1-2H3;5H,1-4H2. The Morgan fingerprint density at radius 3 is 2.14 bits per heavy atom. The van der Waals surface area contributed by atoms with Gasteiger partial charge in [0.25, 0.3) is 0 Å². The van der Waals surface area contributed by atoms with Crippen LogP contribution in [0.2, 0.25) is 10.4 Å². The van der Waals surface area contributed by atoms with Gasteiger partial charge < -0.3 is 14.8 Å². The maximum Gasteiger partial charge on any atom is 0.224 e. The summed E-state index contributed by atoms with van der Waals surface area (Å²) in [6, 6.07) is 3.42. The minimum Gasteiger partial charge on any atom is -0.493 e. The minimum absolute atomic E-state index is 0.102. The molecule has 1 aliphatic heterocycles. The zero-order valence-electron chi connectivity index (χ0n) is 11.9. The summed E-state index contributed by atoms with van der Waals surface area (Å²) in [5, 5.41) is 4.28. The van der Waals surface area contributed by atoms with Gasteiger partial charge in [0.2, 0.25) is 5.28 Å². The lowest BCUT2D eigenvalue weighted by Gasteiger charge is -2.09. The van der Waals surface area contributed by atoms with Crippen molar-refractivity contribution in [1.82, 2.24) is 15.3 Å². The molecule has 1 aliphatic rings. The number of hydrogen-bond acceptors (Lipinski definition) is 5. The maximum atomic E-state index is 5.95. The molecule has 0 radical (unpaired) electrons. The molecule has 2 heterocycles. The molecule has 0 bridgehead atoms. The van der Waals surface area contributed by atoms with Gasteiger partial charge in [0.1, 0.15) is 5.15 Å². The van der Waals surface area contributed by atoms with Gasteiger partial charge in [-0.25, -0.2) is 9.97 Å². The average Bonchev–Trinajstić information content (AvgIpc) is 3.05. The zero-order valence-corrected chi connectivity index (χ0v) is 13.5. The molecule has 1 aromatic carbocycles. The van der Waals surface area contributed by atoms with Crippen LogP contribution in [0.15, 0.2) is 12.1 Å². The second kappa shape index (κ2) is 7.64. The Balaban J connectivity index is 0.000000272. The number of ether oxygens (including phenoxy) is 2. The van der Waals surface area contributed by atoms with E-state index >= 15 is 0 Å². The van der Waals surface area contributed by atoms with Crippen LogP contribution in [0.4, 0.5) is 0 Å². The number of aromatic nitrogens is 2. The molecule has 0 unspecified atom stereocenters. The molecule has 5 nitrogen and oxygen atoms in total. The number of fused-ring (bicyclic) bond motifs is 1. The van der Waals surface area contributed by atoms with Crippen molar-refractivity contribution in [2.24, 2.45) is 0 Å². The summed E-state index contributed by atoms with van der Waals surface area (Å²) >= 11 is 11.7. The highest BCUT2D eigenvalue weighted by atomic mass is 35.5. The van der Waals surface area contributed by atoms with Crippen LogP contribution >= 0.6 is 23.2 Å². The summed E-state index contributed by atoms with van der Waals surface area (Å²) in [6.45, 7) is 2.50. The molecular formula is C14H17Cl2N3O2. The fraction of sp³-hybridized carbons (Fsp3) is 0.429. The van der Waals surface area contributed by atoms with E-state index in [9.17, 15) is 0 Å². The highest BCUT2D eigenvalue weighted by Crippen LogP contribution is 2.34. The van der Waals surface area contributed by atoms with Crippen LogP contribution in [0.3, 0.4) is 0 Å². The first-order chi connectivity index (χ1) is 10.2. The van der Waals surface area contributed by atoms with Crippen LogP contribution in [0.5, 0.6) is 11.5 Å². The molecule has 0 aliphatic carbocycles. The van der Waals surface area contributed by atoms with E-state index < -0.39 is 0 Å². The van der Waals surface area contributed by atoms with E-state index in [-0.39, 0.29) is 10.4 Å². The number of methoxy groups -OCH3 is 2. The van der Waals surface area contributed by atoms with Crippen LogP contribution in [0.25, 0.3) is 10.9 Å². The summed E-state index contributed by atoms with van der Waals surface area (Å²) in [5.74, 6) is 1.14. The molecule has 0 spiro atoms. The fourth-order valence-corrected chi connectivity index (χ4v) is 2.47. The van der Waals surface area contributed by atoms with Crippen LogP contribution in [-0.2, 0) is 0 Å². The topological polar surface area (TPSA) is 56.3 Å². The van der Waals surface area contributed by atoms with E-state index in [2.05, 4.69) is 15.3 Å². The smallest absolute Gasteiger partial charge is 0.224 e. The third-order valence-corrected chi connectivity index (χ3v) is 3.54. The Kier molecular flexibility index (Phi) is 5.85. The molecule has 0 atom stereocenters. The fourth-order valence-electron chi connectivity index (χ4n) is 2.02. The van der Waals surface area contributed by atoms with Gasteiger partial charge in [0, 0.05) is 11.5 Å². The minimum atomic E-state index is 0.102. The van der Waals surface area contributed by atoms with Gasteiger partial charge >= 0.3 is 0 Å². The molecule has 2 aromatic rings. The Morgan fingerprint density at radius 1 is 1.00 bits per heavy atom. The third-order valence-electron chi connectivity index (χ3n) is 3.08. The Bertz CT molecular complexity index is 611. The zero-order chi connectivity index (χ0) is 15.2. The number of halogens is 2. The van der Waals surface area contributed by atoms with Crippen molar-refractivity contribution < 1.29 is 9.47 Å². The molecule has 21 heavy (non-hydrogen) atoms. The lowest BCUT2D eigenvalue weighted by Crippen LogP contribution is -2.03. The molecule has 3 rings (SSSR count). The predicted molar refractivity (Wildman–Crippen MR) is 84.8 cm³/mol. The van der Waals surface area contributed by atoms with Gasteiger partial charge in [-0.15, -0.1) is 0 Å². The van der Waals surface area contributed by atoms with Crippen LogP contribution in [-0.4, -0.2) is 37.3 Å². The molecule has 114 valence electrons. The van der Waals surface area contributed by atoms with Crippen molar-refractivity contribution in [3.63, 3.8) is 0 Å². The first-order valence-corrected chi connectivity index (χ1v) is 7.36. The largest absolute Gasteiger partial charge is 0.493 e. The van der Waals surface area contributed by atoms with Crippen LogP contribution in [0, 0.1) is 0 Å². The Hall–Kier alpha value is -1.30. The van der Waals surface area contributed by atoms with Crippen molar-refractivity contribution in [3.8, 4) is 11.5 Å². The number of nitrogens with zero attached hydrogens (tertiary/aromatic N) is 2. The summed E-state index contributed by atoms with van der Waals surface area (Å²) in [5.41, 5.74) is 0.614. The molecule has 7 heteroatoms. The van der Waals surface area contributed by atoms with E-state index in [1.165, 1.54) is 25.9 Å². The first kappa shape index (κ1) is 16.1. The summed E-state index contributed by atoms with van der Waals surface area (Å²) in [6.07, 6.45) is 2.78. The third kappa shape index (κ3) is 4.09. The molecular weight excluding hydrogens is 313 g/mol. The summed E-state index contributed by atoms with van der Waals surface area (Å²) < 4.78 is 10.3. The van der Waals surface area contributed by atoms with Gasteiger partial charge in [0.15, 0.2) is 11.5 Å². The van der Waals surface area contributed by atoms with E-state index in [0.717, 1.165) is 0 Å². The lowest BCUT2D eigenvalue weighted by atomic mass is 10.2. The summed E-state index contributed by atoms with van der Waals surface area (Å²) in [4.78, 5) is 7.91. The van der Waals surface area contributed by atoms with E-state index in [1.807, 2.05) is 0 Å². The molecule has 0 amide bonds. The first-order valence-electron chi connectivity index (χ1n) is 6.61. The Labute approximate surface area is 133 Å². The summed E-state index contributed by atoms with van der Waals surface area (Å²) in [7, 11) is 3.10. The van der Waals surface area contributed by atoms with Gasteiger partial charge in [0.05, 0.1) is 19.7 Å². The van der Waals surface area contributed by atoms with Gasteiger partial charge in [-0.05, 0) is 43.6 Å². The SMILES string of the molecule is C1CCNC1.COc1cc2nc(Cl)nc(Cl)c2cc1OC. The van der Waals surface area contributed by atoms with Crippen LogP contribution < -0.4 is 14.8 Å². The quantitative estimate of drug-likeness (QED) is 0.676. The predicted octanol–water partition coefficient (Wildman–Crippen LogP) is 3.32. The monoisotopic (exact) mass is 329 g/mol. The molecule has 1 saturated heterocycles. The van der Waals surface area contributed by atoms with E-state index in [1.54, 1.807) is 26.4 Å². The highest BCUT2D eigenvalue weighted by Gasteiger charge is 2.11. The molecule has 0 saturated carbocycles. The van der Waals surface area contributed by atoms with Gasteiger partial charge in [-0.3, -0.25) is 0 Å².